The van der Waals surface area contributed by atoms with Crippen molar-refractivity contribution >= 4 is 21.7 Å². The maximum absolute atomic E-state index is 12.4. The van der Waals surface area contributed by atoms with Gasteiger partial charge in [-0.2, -0.15) is 0 Å². The number of piperidine rings is 1. The molecule has 1 aliphatic heterocycles. The molecule has 0 bridgehead atoms. The molecule has 1 N–H and O–H groups in total. The van der Waals surface area contributed by atoms with Gasteiger partial charge in [-0.15, -0.1) is 10.2 Å². The largest absolute Gasteiger partial charge is 0.355 e. The first kappa shape index (κ1) is 16.7. The molecule has 0 atom stereocenters. The zero-order valence-corrected chi connectivity index (χ0v) is 14.6. The van der Waals surface area contributed by atoms with Gasteiger partial charge in [-0.1, -0.05) is 19.1 Å². The highest BCUT2D eigenvalue weighted by Crippen LogP contribution is 2.19. The fourth-order valence-corrected chi connectivity index (χ4v) is 3.77. The van der Waals surface area contributed by atoms with Crippen molar-refractivity contribution in [3.8, 4) is 0 Å². The molecule has 7 heteroatoms. The molecule has 1 fully saturated rings. The monoisotopic (exact) mass is 346 g/mol. The van der Waals surface area contributed by atoms with Crippen LogP contribution in [0.15, 0.2) is 41.3 Å². The molecule has 1 aromatic carbocycles. The van der Waals surface area contributed by atoms with Gasteiger partial charge in [-0.05, 0) is 55.5 Å². The zero-order chi connectivity index (χ0) is 17.0. The number of sulfonamides is 1. The Morgan fingerprint density at radius 1 is 1.00 bits per heavy atom. The van der Waals surface area contributed by atoms with Crippen LogP contribution in [0.3, 0.4) is 0 Å². The van der Waals surface area contributed by atoms with Crippen LogP contribution in [-0.4, -0.2) is 31.7 Å². The SMILES string of the molecule is CCc1ccc(S(=O)(=O)Nc2ccc(N3CCCCC3)nn2)cc1. The molecule has 6 nitrogen and oxygen atoms in total. The van der Waals surface area contributed by atoms with Crippen molar-refractivity contribution in [1.82, 2.24) is 10.2 Å². The van der Waals surface area contributed by atoms with E-state index in [0.717, 1.165) is 43.7 Å². The molecule has 24 heavy (non-hydrogen) atoms. The smallest absolute Gasteiger partial charge is 0.263 e. The fourth-order valence-electron chi connectivity index (χ4n) is 2.77. The molecule has 128 valence electrons. The third-order valence-electron chi connectivity index (χ3n) is 4.21. The molecule has 1 aliphatic rings. The van der Waals surface area contributed by atoms with Crippen LogP contribution in [0, 0.1) is 0 Å². The maximum Gasteiger partial charge on any atom is 0.263 e. The Hall–Kier alpha value is -2.15. The van der Waals surface area contributed by atoms with E-state index in [2.05, 4.69) is 19.8 Å². The topological polar surface area (TPSA) is 75.2 Å². The van der Waals surface area contributed by atoms with Crippen LogP contribution in [0.25, 0.3) is 0 Å². The van der Waals surface area contributed by atoms with Crippen molar-refractivity contribution in [1.29, 1.82) is 0 Å². The van der Waals surface area contributed by atoms with Gasteiger partial charge < -0.3 is 4.90 Å². The second kappa shape index (κ2) is 7.17. The average molecular weight is 346 g/mol. The lowest BCUT2D eigenvalue weighted by Crippen LogP contribution is -2.30. The highest BCUT2D eigenvalue weighted by Gasteiger charge is 2.16. The van der Waals surface area contributed by atoms with E-state index in [1.807, 2.05) is 25.1 Å². The van der Waals surface area contributed by atoms with E-state index >= 15 is 0 Å². The summed E-state index contributed by atoms with van der Waals surface area (Å²) in [5, 5.41) is 8.17. The van der Waals surface area contributed by atoms with Crippen LogP contribution in [0.4, 0.5) is 11.6 Å². The normalized spacial score (nSPS) is 15.3. The molecule has 0 aliphatic carbocycles. The number of nitrogens with one attached hydrogen (secondary N) is 1. The van der Waals surface area contributed by atoms with Gasteiger partial charge in [0.15, 0.2) is 11.6 Å². The first-order chi connectivity index (χ1) is 11.6. The Bertz CT molecular complexity index is 767. The summed E-state index contributed by atoms with van der Waals surface area (Å²) in [5.41, 5.74) is 1.10. The molecule has 0 unspecified atom stereocenters. The van der Waals surface area contributed by atoms with Gasteiger partial charge in [0, 0.05) is 13.1 Å². The van der Waals surface area contributed by atoms with Gasteiger partial charge in [0.2, 0.25) is 0 Å². The van der Waals surface area contributed by atoms with Crippen LogP contribution in [-0.2, 0) is 16.4 Å². The summed E-state index contributed by atoms with van der Waals surface area (Å²) in [5.74, 6) is 1.03. The molecule has 2 heterocycles. The number of benzene rings is 1. The lowest BCUT2D eigenvalue weighted by atomic mass is 10.1. The minimum atomic E-state index is -3.64. The van der Waals surface area contributed by atoms with Gasteiger partial charge in [0.05, 0.1) is 4.90 Å². The number of aryl methyl sites for hydroxylation is 1. The van der Waals surface area contributed by atoms with E-state index in [-0.39, 0.29) is 10.7 Å². The summed E-state index contributed by atoms with van der Waals surface area (Å²) in [4.78, 5) is 2.40. The third kappa shape index (κ3) is 3.84. The second-order valence-electron chi connectivity index (χ2n) is 5.93. The third-order valence-corrected chi connectivity index (χ3v) is 5.58. The molecule has 2 aromatic rings. The van der Waals surface area contributed by atoms with Gasteiger partial charge >= 0.3 is 0 Å². The number of rotatable bonds is 5. The van der Waals surface area contributed by atoms with Crippen LogP contribution in [0.1, 0.15) is 31.7 Å². The molecular weight excluding hydrogens is 324 g/mol. The Morgan fingerprint density at radius 2 is 1.71 bits per heavy atom. The second-order valence-corrected chi connectivity index (χ2v) is 7.61. The number of aromatic nitrogens is 2. The van der Waals surface area contributed by atoms with E-state index in [0.29, 0.717) is 0 Å². The van der Waals surface area contributed by atoms with Gasteiger partial charge in [0.25, 0.3) is 10.0 Å². The lowest BCUT2D eigenvalue weighted by Gasteiger charge is -2.27. The van der Waals surface area contributed by atoms with Gasteiger partial charge in [0.1, 0.15) is 0 Å². The summed E-state index contributed by atoms with van der Waals surface area (Å²) in [6.45, 7) is 3.98. The standard InChI is InChI=1S/C17H22N4O2S/c1-2-14-6-8-15(9-7-14)24(22,23)20-16-10-11-17(19-18-16)21-12-4-3-5-13-21/h6-11H,2-5,12-13H2,1H3,(H,18,20). The number of anilines is 2. The molecule has 3 rings (SSSR count). The summed E-state index contributed by atoms with van der Waals surface area (Å²) in [7, 11) is -3.64. The minimum Gasteiger partial charge on any atom is -0.355 e. The lowest BCUT2D eigenvalue weighted by molar-refractivity contribution is 0.571. The molecule has 0 radical (unpaired) electrons. The molecule has 1 aromatic heterocycles. The van der Waals surface area contributed by atoms with Crippen molar-refractivity contribution in [3.05, 3.63) is 42.0 Å². The average Bonchev–Trinajstić information content (AvgIpc) is 2.63. The summed E-state index contributed by atoms with van der Waals surface area (Å²) < 4.78 is 27.3. The molecule has 0 spiro atoms. The van der Waals surface area contributed by atoms with Crippen LogP contribution >= 0.6 is 0 Å². The predicted molar refractivity (Wildman–Crippen MR) is 94.7 cm³/mol. The Kier molecular flexibility index (Phi) is 4.99. The van der Waals surface area contributed by atoms with E-state index in [9.17, 15) is 8.42 Å². The Balaban J connectivity index is 1.72. The van der Waals surface area contributed by atoms with Gasteiger partial charge in [-0.3, -0.25) is 4.72 Å². The maximum atomic E-state index is 12.4. The number of nitrogens with zero attached hydrogens (tertiary/aromatic N) is 3. The first-order valence-corrected chi connectivity index (χ1v) is 9.77. The predicted octanol–water partition coefficient (Wildman–Crippen LogP) is 2.83. The van der Waals surface area contributed by atoms with E-state index in [1.54, 1.807) is 18.2 Å². The minimum absolute atomic E-state index is 0.224. The highest BCUT2D eigenvalue weighted by atomic mass is 32.2. The fraction of sp³-hybridized carbons (Fsp3) is 0.412. The van der Waals surface area contributed by atoms with Crippen LogP contribution < -0.4 is 9.62 Å². The number of hydrogen-bond acceptors (Lipinski definition) is 5. The highest BCUT2D eigenvalue weighted by molar-refractivity contribution is 7.92. The summed E-state index contributed by atoms with van der Waals surface area (Å²) >= 11 is 0. The molecular formula is C17H22N4O2S. The van der Waals surface area contributed by atoms with E-state index < -0.39 is 10.0 Å². The van der Waals surface area contributed by atoms with Crippen molar-refractivity contribution in [2.24, 2.45) is 0 Å². The Labute approximate surface area is 143 Å². The first-order valence-electron chi connectivity index (χ1n) is 8.29. The van der Waals surface area contributed by atoms with Crippen molar-refractivity contribution in [2.75, 3.05) is 22.7 Å². The van der Waals surface area contributed by atoms with Crippen molar-refractivity contribution < 1.29 is 8.42 Å². The van der Waals surface area contributed by atoms with E-state index in [4.69, 9.17) is 0 Å². The van der Waals surface area contributed by atoms with Crippen LogP contribution in [0.2, 0.25) is 0 Å². The van der Waals surface area contributed by atoms with Crippen molar-refractivity contribution in [3.63, 3.8) is 0 Å². The van der Waals surface area contributed by atoms with E-state index in [1.165, 1.54) is 6.42 Å². The van der Waals surface area contributed by atoms with Gasteiger partial charge in [-0.25, -0.2) is 8.42 Å². The summed E-state index contributed by atoms with van der Waals surface area (Å²) in [6.07, 6.45) is 4.43. The zero-order valence-electron chi connectivity index (χ0n) is 13.8. The van der Waals surface area contributed by atoms with Crippen LogP contribution in [0.5, 0.6) is 0 Å². The Morgan fingerprint density at radius 3 is 2.29 bits per heavy atom. The molecule has 0 amide bonds. The quantitative estimate of drug-likeness (QED) is 0.901. The molecule has 0 saturated carbocycles. The van der Waals surface area contributed by atoms with Crippen molar-refractivity contribution in [2.45, 2.75) is 37.5 Å². The number of hydrogen-bond donors (Lipinski definition) is 1. The summed E-state index contributed by atoms with van der Waals surface area (Å²) in [6, 6.07) is 10.3. The molecule has 1 saturated heterocycles.